The number of ketones is 1. The molecule has 0 N–H and O–H groups in total. The number of hydrogen-bond acceptors (Lipinski definition) is 2. The number of benzene rings is 1. The summed E-state index contributed by atoms with van der Waals surface area (Å²) in [6, 6.07) is 1.06. The molecule has 1 atom stereocenters. The molecule has 0 bridgehead atoms. The van der Waals surface area contributed by atoms with Crippen LogP contribution in [-0.4, -0.2) is 12.0 Å². The van der Waals surface area contributed by atoms with Crippen LogP contribution in [-0.2, 0) is 0 Å². The van der Waals surface area contributed by atoms with Gasteiger partial charge in [-0.3, -0.25) is 9.79 Å². The van der Waals surface area contributed by atoms with Crippen LogP contribution in [0.25, 0.3) is 0 Å². The maximum absolute atomic E-state index is 13.4. The summed E-state index contributed by atoms with van der Waals surface area (Å²) in [6.45, 7) is 1.67. The van der Waals surface area contributed by atoms with E-state index in [1.54, 1.807) is 6.92 Å². The molecule has 1 aromatic rings. The first-order valence-corrected chi connectivity index (χ1v) is 5.04. The van der Waals surface area contributed by atoms with E-state index in [-0.39, 0.29) is 27.1 Å². The van der Waals surface area contributed by atoms with Crippen molar-refractivity contribution in [3.05, 3.63) is 27.5 Å². The van der Waals surface area contributed by atoms with E-state index >= 15 is 0 Å². The fourth-order valence-electron chi connectivity index (χ4n) is 1.42. The summed E-state index contributed by atoms with van der Waals surface area (Å²) in [6.07, 6.45) is 1.40. The van der Waals surface area contributed by atoms with Crippen molar-refractivity contribution in [3.63, 3.8) is 0 Å². The van der Waals surface area contributed by atoms with Crippen LogP contribution in [0, 0.1) is 11.7 Å². The number of Topliss-reactive ketones (excluding diaryl/α,β-unsaturated/α-hetero) is 1. The smallest absolute Gasteiger partial charge is 0.174 e. The van der Waals surface area contributed by atoms with E-state index in [1.165, 1.54) is 6.21 Å². The van der Waals surface area contributed by atoms with Crippen molar-refractivity contribution in [2.45, 2.75) is 6.92 Å². The molecule has 1 aliphatic heterocycles. The maximum Gasteiger partial charge on any atom is 0.174 e. The molecule has 0 amide bonds. The quantitative estimate of drug-likeness (QED) is 0.642. The number of carbonyl (C=O) groups excluding carboxylic acids is 1. The first-order valence-electron chi connectivity index (χ1n) is 4.28. The van der Waals surface area contributed by atoms with Gasteiger partial charge in [0.1, 0.15) is 5.69 Å². The maximum atomic E-state index is 13.4. The fraction of sp³-hybridized carbons (Fsp3) is 0.200. The van der Waals surface area contributed by atoms with Crippen molar-refractivity contribution in [2.24, 2.45) is 10.9 Å². The third-order valence-corrected chi connectivity index (χ3v) is 3.02. The molecule has 1 heterocycles. The highest BCUT2D eigenvalue weighted by atomic mass is 35.5. The third-order valence-electron chi connectivity index (χ3n) is 2.23. The molecular formula is C10H6Cl2FNO. The second kappa shape index (κ2) is 3.58. The molecule has 0 radical (unpaired) electrons. The first-order chi connectivity index (χ1) is 7.02. The lowest BCUT2D eigenvalue weighted by Crippen LogP contribution is -2.17. The molecule has 0 saturated carbocycles. The molecule has 0 aliphatic carbocycles. The van der Waals surface area contributed by atoms with E-state index in [9.17, 15) is 9.18 Å². The van der Waals surface area contributed by atoms with Crippen molar-refractivity contribution in [3.8, 4) is 0 Å². The molecule has 78 valence electrons. The number of rotatable bonds is 0. The van der Waals surface area contributed by atoms with E-state index in [2.05, 4.69) is 4.99 Å². The lowest BCUT2D eigenvalue weighted by atomic mass is 9.96. The standard InChI is InChI=1S/C10H6Cl2FNO/c1-4-3-14-9-6(13)2-5(11)8(12)7(9)10(4)15/h2-4H,1H3. The Morgan fingerprint density at radius 3 is 2.80 bits per heavy atom. The molecule has 1 aromatic carbocycles. The van der Waals surface area contributed by atoms with Gasteiger partial charge in [0.2, 0.25) is 0 Å². The number of hydrogen-bond donors (Lipinski definition) is 0. The zero-order valence-corrected chi connectivity index (χ0v) is 9.23. The van der Waals surface area contributed by atoms with Crippen molar-refractivity contribution in [1.82, 2.24) is 0 Å². The summed E-state index contributed by atoms with van der Waals surface area (Å²) in [5.41, 5.74) is 0.0594. The highest BCUT2D eigenvalue weighted by Crippen LogP contribution is 2.38. The van der Waals surface area contributed by atoms with Crippen molar-refractivity contribution >= 4 is 40.9 Å². The highest BCUT2D eigenvalue weighted by Gasteiger charge is 2.27. The molecule has 5 heteroatoms. The van der Waals surface area contributed by atoms with Crippen LogP contribution >= 0.6 is 23.2 Å². The summed E-state index contributed by atoms with van der Waals surface area (Å²) in [4.78, 5) is 15.6. The number of carbonyl (C=O) groups is 1. The first kappa shape index (κ1) is 10.6. The second-order valence-corrected chi connectivity index (χ2v) is 4.09. The molecule has 15 heavy (non-hydrogen) atoms. The highest BCUT2D eigenvalue weighted by molar-refractivity contribution is 6.44. The second-order valence-electron chi connectivity index (χ2n) is 3.31. The normalized spacial score (nSPS) is 19.2. The Bertz CT molecular complexity index is 485. The van der Waals surface area contributed by atoms with Gasteiger partial charge in [-0.1, -0.05) is 30.1 Å². The summed E-state index contributed by atoms with van der Waals surface area (Å²) >= 11 is 11.5. The monoisotopic (exact) mass is 245 g/mol. The molecule has 0 spiro atoms. The minimum atomic E-state index is -0.629. The molecule has 0 saturated heterocycles. The minimum absolute atomic E-state index is 0.0208. The Morgan fingerprint density at radius 2 is 2.13 bits per heavy atom. The SMILES string of the molecule is CC1C=Nc2c(F)cc(Cl)c(Cl)c2C1=O. The Balaban J connectivity index is 2.78. The number of fused-ring (bicyclic) bond motifs is 1. The van der Waals surface area contributed by atoms with Gasteiger partial charge in [-0.2, -0.15) is 0 Å². The average Bonchev–Trinajstić information content (AvgIpc) is 2.19. The summed E-state index contributed by atoms with van der Waals surface area (Å²) in [5, 5.41) is 0.104. The number of nitrogens with zero attached hydrogens (tertiary/aromatic N) is 1. The van der Waals surface area contributed by atoms with Crippen LogP contribution in [0.2, 0.25) is 10.0 Å². The van der Waals surface area contributed by atoms with E-state index in [0.29, 0.717) is 0 Å². The Hall–Kier alpha value is -0.930. The zero-order valence-electron chi connectivity index (χ0n) is 7.72. The summed E-state index contributed by atoms with van der Waals surface area (Å²) in [5.74, 6) is -1.28. The van der Waals surface area contributed by atoms with E-state index in [0.717, 1.165) is 6.07 Å². The number of aliphatic imine (C=N–C) groups is 1. The van der Waals surface area contributed by atoms with Crippen molar-refractivity contribution in [1.29, 1.82) is 0 Å². The Morgan fingerprint density at radius 1 is 1.47 bits per heavy atom. The lowest BCUT2D eigenvalue weighted by molar-refractivity contribution is 0.0962. The molecule has 0 aromatic heterocycles. The van der Waals surface area contributed by atoms with Gasteiger partial charge in [0.25, 0.3) is 0 Å². The van der Waals surface area contributed by atoms with Gasteiger partial charge < -0.3 is 0 Å². The molecule has 2 rings (SSSR count). The predicted molar refractivity (Wildman–Crippen MR) is 58.1 cm³/mol. The van der Waals surface area contributed by atoms with E-state index in [1.807, 2.05) is 0 Å². The third kappa shape index (κ3) is 1.56. The molecule has 1 aliphatic rings. The van der Waals surface area contributed by atoms with Crippen LogP contribution in [0.15, 0.2) is 11.1 Å². The average molecular weight is 246 g/mol. The molecule has 1 unspecified atom stereocenters. The van der Waals surface area contributed by atoms with Crippen LogP contribution in [0.4, 0.5) is 10.1 Å². The van der Waals surface area contributed by atoms with Gasteiger partial charge in [-0.15, -0.1) is 0 Å². The van der Waals surface area contributed by atoms with Gasteiger partial charge >= 0.3 is 0 Å². The van der Waals surface area contributed by atoms with E-state index < -0.39 is 11.7 Å². The minimum Gasteiger partial charge on any atom is -0.293 e. The van der Waals surface area contributed by atoms with Crippen molar-refractivity contribution in [2.75, 3.05) is 0 Å². The molecule has 2 nitrogen and oxygen atoms in total. The lowest BCUT2D eigenvalue weighted by Gasteiger charge is -2.16. The van der Waals surface area contributed by atoms with Gasteiger partial charge in [-0.25, -0.2) is 4.39 Å². The van der Waals surface area contributed by atoms with Gasteiger partial charge in [-0.05, 0) is 6.07 Å². The van der Waals surface area contributed by atoms with E-state index in [4.69, 9.17) is 23.2 Å². The molecular weight excluding hydrogens is 240 g/mol. The van der Waals surface area contributed by atoms with Gasteiger partial charge in [0.05, 0.1) is 21.5 Å². The van der Waals surface area contributed by atoms with Crippen molar-refractivity contribution < 1.29 is 9.18 Å². The Kier molecular flexibility index (Phi) is 2.52. The van der Waals surface area contributed by atoms with Crippen LogP contribution in [0.5, 0.6) is 0 Å². The largest absolute Gasteiger partial charge is 0.293 e. The van der Waals surface area contributed by atoms with Gasteiger partial charge in [0, 0.05) is 6.21 Å². The van der Waals surface area contributed by atoms with Crippen LogP contribution in [0.3, 0.4) is 0 Å². The zero-order chi connectivity index (χ0) is 11.2. The predicted octanol–water partition coefficient (Wildman–Crippen LogP) is 3.67. The fourth-order valence-corrected chi connectivity index (χ4v) is 1.85. The summed E-state index contributed by atoms with van der Waals surface area (Å²) < 4.78 is 13.4. The number of halogens is 3. The summed E-state index contributed by atoms with van der Waals surface area (Å²) in [7, 11) is 0. The molecule has 0 fully saturated rings. The van der Waals surface area contributed by atoms with Crippen LogP contribution < -0.4 is 0 Å². The Labute approximate surface area is 95.7 Å². The topological polar surface area (TPSA) is 29.4 Å². The van der Waals surface area contributed by atoms with Gasteiger partial charge in [0.15, 0.2) is 11.6 Å². The van der Waals surface area contributed by atoms with Crippen LogP contribution in [0.1, 0.15) is 17.3 Å².